The van der Waals surface area contributed by atoms with Gasteiger partial charge in [0, 0.05) is 31.7 Å². The Kier molecular flexibility index (Phi) is 6.39. The Morgan fingerprint density at radius 3 is 2.17 bits per heavy atom. The lowest BCUT2D eigenvalue weighted by atomic mass is 10.1. The van der Waals surface area contributed by atoms with E-state index in [4.69, 9.17) is 4.42 Å². The van der Waals surface area contributed by atoms with Crippen LogP contribution in [0.4, 0.5) is 0 Å². The number of amides is 2. The van der Waals surface area contributed by atoms with E-state index in [2.05, 4.69) is 20.4 Å². The van der Waals surface area contributed by atoms with Gasteiger partial charge in [-0.2, -0.15) is 0 Å². The fourth-order valence-corrected chi connectivity index (χ4v) is 2.62. The molecule has 0 spiro atoms. The summed E-state index contributed by atoms with van der Waals surface area (Å²) >= 11 is 0. The van der Waals surface area contributed by atoms with Crippen LogP contribution in [0.3, 0.4) is 0 Å². The smallest absolute Gasteiger partial charge is 0.234 e. The Morgan fingerprint density at radius 2 is 1.67 bits per heavy atom. The van der Waals surface area contributed by atoms with Gasteiger partial charge in [0.15, 0.2) is 0 Å². The van der Waals surface area contributed by atoms with Gasteiger partial charge in [-0.05, 0) is 32.9 Å². The van der Waals surface area contributed by atoms with Crippen LogP contribution < -0.4 is 10.6 Å². The normalized spacial score (nSPS) is 16.8. The van der Waals surface area contributed by atoms with Crippen molar-refractivity contribution in [2.75, 3.05) is 39.3 Å². The zero-order chi connectivity index (χ0) is 17.6. The first-order valence-electron chi connectivity index (χ1n) is 8.36. The third kappa shape index (κ3) is 6.72. The van der Waals surface area contributed by atoms with E-state index in [1.165, 1.54) is 0 Å². The van der Waals surface area contributed by atoms with Crippen LogP contribution in [0.2, 0.25) is 0 Å². The third-order valence-electron chi connectivity index (χ3n) is 3.75. The van der Waals surface area contributed by atoms with E-state index >= 15 is 0 Å². The predicted molar refractivity (Wildman–Crippen MR) is 91.3 cm³/mol. The molecule has 134 valence electrons. The molecule has 0 atom stereocenters. The Bertz CT molecular complexity index is 529. The Hall–Kier alpha value is -1.86. The molecule has 0 saturated carbocycles. The molecule has 0 radical (unpaired) electrons. The summed E-state index contributed by atoms with van der Waals surface area (Å²) in [4.78, 5) is 28.1. The van der Waals surface area contributed by atoms with Gasteiger partial charge in [0.1, 0.15) is 5.76 Å². The van der Waals surface area contributed by atoms with Crippen molar-refractivity contribution in [3.8, 4) is 0 Å². The van der Waals surface area contributed by atoms with E-state index in [-0.39, 0.29) is 17.4 Å². The lowest BCUT2D eigenvalue weighted by Gasteiger charge is -2.34. The maximum atomic E-state index is 12.0. The van der Waals surface area contributed by atoms with Crippen molar-refractivity contribution in [2.24, 2.45) is 0 Å². The summed E-state index contributed by atoms with van der Waals surface area (Å²) in [6.07, 6.45) is 1.59. The molecule has 2 heterocycles. The SMILES string of the molecule is CC(C)(C)NC(=O)CN1CCN(CC(=O)NCc2ccco2)CC1. The molecule has 0 unspecified atom stereocenters. The van der Waals surface area contributed by atoms with Crippen LogP contribution >= 0.6 is 0 Å². The number of furan rings is 1. The second-order valence-electron chi connectivity index (χ2n) is 7.21. The van der Waals surface area contributed by atoms with Crippen LogP contribution in [0.25, 0.3) is 0 Å². The number of hydrogen-bond acceptors (Lipinski definition) is 5. The number of carbonyl (C=O) groups is 2. The first-order chi connectivity index (χ1) is 11.3. The minimum Gasteiger partial charge on any atom is -0.467 e. The van der Waals surface area contributed by atoms with E-state index in [1.807, 2.05) is 26.8 Å². The van der Waals surface area contributed by atoms with Gasteiger partial charge in [-0.1, -0.05) is 0 Å². The van der Waals surface area contributed by atoms with Gasteiger partial charge in [0.2, 0.25) is 11.8 Å². The molecular formula is C17H28N4O3. The quantitative estimate of drug-likeness (QED) is 0.788. The molecule has 1 aromatic rings. The van der Waals surface area contributed by atoms with Gasteiger partial charge in [-0.25, -0.2) is 0 Å². The molecule has 1 aliphatic rings. The molecule has 7 heteroatoms. The van der Waals surface area contributed by atoms with Gasteiger partial charge in [-0.15, -0.1) is 0 Å². The van der Waals surface area contributed by atoms with Gasteiger partial charge >= 0.3 is 0 Å². The number of rotatable bonds is 6. The van der Waals surface area contributed by atoms with Crippen molar-refractivity contribution < 1.29 is 14.0 Å². The van der Waals surface area contributed by atoms with Crippen molar-refractivity contribution in [2.45, 2.75) is 32.9 Å². The largest absolute Gasteiger partial charge is 0.467 e. The van der Waals surface area contributed by atoms with Gasteiger partial charge in [0.25, 0.3) is 0 Å². The van der Waals surface area contributed by atoms with Crippen molar-refractivity contribution in [3.63, 3.8) is 0 Å². The number of nitrogens with zero attached hydrogens (tertiary/aromatic N) is 2. The van der Waals surface area contributed by atoms with Gasteiger partial charge < -0.3 is 15.1 Å². The molecule has 1 aromatic heterocycles. The van der Waals surface area contributed by atoms with Crippen molar-refractivity contribution in [1.82, 2.24) is 20.4 Å². The highest BCUT2D eigenvalue weighted by atomic mass is 16.3. The summed E-state index contributed by atoms with van der Waals surface area (Å²) < 4.78 is 5.19. The molecule has 24 heavy (non-hydrogen) atoms. The molecule has 0 bridgehead atoms. The molecular weight excluding hydrogens is 308 g/mol. The summed E-state index contributed by atoms with van der Waals surface area (Å²) in [5.41, 5.74) is -0.203. The first-order valence-corrected chi connectivity index (χ1v) is 8.36. The predicted octanol–water partition coefficient (Wildman–Crippen LogP) is 0.428. The fraction of sp³-hybridized carbons (Fsp3) is 0.647. The zero-order valence-electron chi connectivity index (χ0n) is 14.8. The highest BCUT2D eigenvalue weighted by Crippen LogP contribution is 2.04. The second kappa shape index (κ2) is 8.30. The lowest BCUT2D eigenvalue weighted by molar-refractivity contribution is -0.125. The van der Waals surface area contributed by atoms with E-state index in [0.717, 1.165) is 31.9 Å². The zero-order valence-corrected chi connectivity index (χ0v) is 14.8. The summed E-state index contributed by atoms with van der Waals surface area (Å²) in [6, 6.07) is 3.64. The monoisotopic (exact) mass is 336 g/mol. The fourth-order valence-electron chi connectivity index (χ4n) is 2.62. The van der Waals surface area contributed by atoms with Crippen LogP contribution in [0, 0.1) is 0 Å². The molecule has 0 aromatic carbocycles. The molecule has 7 nitrogen and oxygen atoms in total. The summed E-state index contributed by atoms with van der Waals surface area (Å²) in [7, 11) is 0. The highest BCUT2D eigenvalue weighted by Gasteiger charge is 2.22. The molecule has 2 N–H and O–H groups in total. The molecule has 2 rings (SSSR count). The molecule has 1 fully saturated rings. The van der Waals surface area contributed by atoms with Crippen LogP contribution in [0.5, 0.6) is 0 Å². The molecule has 1 aliphatic heterocycles. The van der Waals surface area contributed by atoms with Crippen LogP contribution in [-0.4, -0.2) is 66.4 Å². The Labute approximate surface area is 143 Å². The van der Waals surface area contributed by atoms with E-state index in [0.29, 0.717) is 19.6 Å². The van der Waals surface area contributed by atoms with Crippen molar-refractivity contribution in [1.29, 1.82) is 0 Å². The molecule has 1 saturated heterocycles. The summed E-state index contributed by atoms with van der Waals surface area (Å²) in [5.74, 6) is 0.787. The standard InChI is InChI=1S/C17H28N4O3/c1-17(2,3)19-16(23)13-21-8-6-20(7-9-21)12-15(22)18-11-14-5-4-10-24-14/h4-5,10H,6-9,11-13H2,1-3H3,(H,18,22)(H,19,23). The maximum Gasteiger partial charge on any atom is 0.234 e. The van der Waals surface area contributed by atoms with Gasteiger partial charge in [-0.3, -0.25) is 19.4 Å². The van der Waals surface area contributed by atoms with Crippen molar-refractivity contribution in [3.05, 3.63) is 24.2 Å². The van der Waals surface area contributed by atoms with Crippen LogP contribution in [0.1, 0.15) is 26.5 Å². The summed E-state index contributed by atoms with van der Waals surface area (Å²) in [6.45, 7) is 10.3. The molecule has 0 aliphatic carbocycles. The minimum absolute atomic E-state index is 0.00896. The molecule has 2 amide bonds. The number of carbonyl (C=O) groups excluding carboxylic acids is 2. The second-order valence-corrected chi connectivity index (χ2v) is 7.21. The average Bonchev–Trinajstić information content (AvgIpc) is 2.98. The minimum atomic E-state index is -0.203. The highest BCUT2D eigenvalue weighted by molar-refractivity contribution is 5.79. The number of hydrogen-bond donors (Lipinski definition) is 2. The van der Waals surface area contributed by atoms with Crippen LogP contribution in [-0.2, 0) is 16.1 Å². The summed E-state index contributed by atoms with van der Waals surface area (Å²) in [5, 5.41) is 5.82. The third-order valence-corrected chi connectivity index (χ3v) is 3.75. The van der Waals surface area contributed by atoms with E-state index < -0.39 is 0 Å². The lowest BCUT2D eigenvalue weighted by Crippen LogP contribution is -2.53. The first kappa shape index (κ1) is 18.5. The number of piperazine rings is 1. The van der Waals surface area contributed by atoms with E-state index in [9.17, 15) is 9.59 Å². The van der Waals surface area contributed by atoms with Crippen LogP contribution in [0.15, 0.2) is 22.8 Å². The van der Waals surface area contributed by atoms with Crippen molar-refractivity contribution >= 4 is 11.8 Å². The van der Waals surface area contributed by atoms with E-state index in [1.54, 1.807) is 12.3 Å². The Balaban J connectivity index is 1.63. The van der Waals surface area contributed by atoms with Gasteiger partial charge in [0.05, 0.1) is 25.9 Å². The maximum absolute atomic E-state index is 12.0. The Morgan fingerprint density at radius 1 is 1.08 bits per heavy atom. The number of nitrogens with one attached hydrogen (secondary N) is 2. The topological polar surface area (TPSA) is 77.8 Å². The average molecular weight is 336 g/mol.